The van der Waals surface area contributed by atoms with Gasteiger partial charge in [0.1, 0.15) is 0 Å². The number of hydrogen-bond donors (Lipinski definition) is 2. The zero-order valence-electron chi connectivity index (χ0n) is 16.6. The highest BCUT2D eigenvalue weighted by Crippen LogP contribution is 2.17. The van der Waals surface area contributed by atoms with Crippen molar-refractivity contribution in [2.24, 2.45) is 0 Å². The van der Waals surface area contributed by atoms with Crippen molar-refractivity contribution in [3.8, 4) is 0 Å². The van der Waals surface area contributed by atoms with E-state index in [2.05, 4.69) is 51.7 Å². The van der Waals surface area contributed by atoms with Crippen LogP contribution in [-0.2, 0) is 16.0 Å². The van der Waals surface area contributed by atoms with Gasteiger partial charge in [0.05, 0.1) is 0 Å². The molecule has 0 aliphatic carbocycles. The number of rotatable bonds is 5. The first-order chi connectivity index (χ1) is 13.5. The van der Waals surface area contributed by atoms with E-state index >= 15 is 0 Å². The Hall–Kier alpha value is -2.86. The summed E-state index contributed by atoms with van der Waals surface area (Å²) in [7, 11) is 2.15. The molecule has 2 N–H and O–H groups in total. The van der Waals surface area contributed by atoms with E-state index in [0.717, 1.165) is 37.3 Å². The van der Waals surface area contributed by atoms with Gasteiger partial charge in [0, 0.05) is 44.1 Å². The number of amides is 2. The summed E-state index contributed by atoms with van der Waals surface area (Å²) in [6, 6.07) is 15.8. The molecule has 1 heterocycles. The van der Waals surface area contributed by atoms with Gasteiger partial charge < -0.3 is 20.4 Å². The molecule has 0 aromatic heterocycles. The topological polar surface area (TPSA) is 64.7 Å². The SMILES string of the molecule is Cc1cccc(NC(=O)C(=O)NCCc2ccc(N3CCN(C)CC3)cc2)c1. The zero-order valence-corrected chi connectivity index (χ0v) is 16.6. The maximum atomic E-state index is 12.0. The molecule has 0 radical (unpaired) electrons. The quantitative estimate of drug-likeness (QED) is 0.780. The molecule has 1 aliphatic heterocycles. The summed E-state index contributed by atoms with van der Waals surface area (Å²) in [4.78, 5) is 28.7. The van der Waals surface area contributed by atoms with E-state index in [9.17, 15) is 9.59 Å². The minimum atomic E-state index is -0.643. The molecule has 2 aromatic rings. The monoisotopic (exact) mass is 380 g/mol. The first-order valence-electron chi connectivity index (χ1n) is 9.69. The summed E-state index contributed by atoms with van der Waals surface area (Å²) in [5, 5.41) is 5.30. The summed E-state index contributed by atoms with van der Waals surface area (Å²) in [6.45, 7) is 6.61. The number of likely N-dealkylation sites (N-methyl/N-ethyl adjacent to an activating group) is 1. The summed E-state index contributed by atoms with van der Waals surface area (Å²) >= 11 is 0. The van der Waals surface area contributed by atoms with Crippen LogP contribution in [0.4, 0.5) is 11.4 Å². The van der Waals surface area contributed by atoms with E-state index in [-0.39, 0.29) is 0 Å². The highest BCUT2D eigenvalue weighted by atomic mass is 16.2. The number of anilines is 2. The van der Waals surface area contributed by atoms with Crippen molar-refractivity contribution in [2.45, 2.75) is 13.3 Å². The normalized spacial score (nSPS) is 14.6. The minimum absolute atomic E-state index is 0.425. The Morgan fingerprint density at radius 1 is 0.964 bits per heavy atom. The van der Waals surface area contributed by atoms with Crippen LogP contribution in [0.2, 0.25) is 0 Å². The van der Waals surface area contributed by atoms with E-state index < -0.39 is 11.8 Å². The van der Waals surface area contributed by atoms with Crippen molar-refractivity contribution in [1.29, 1.82) is 0 Å². The molecule has 0 spiro atoms. The van der Waals surface area contributed by atoms with Crippen LogP contribution in [0.25, 0.3) is 0 Å². The van der Waals surface area contributed by atoms with Gasteiger partial charge in [-0.1, -0.05) is 24.3 Å². The largest absolute Gasteiger partial charge is 0.369 e. The Morgan fingerprint density at radius 2 is 1.68 bits per heavy atom. The Bertz CT molecular complexity index is 812. The van der Waals surface area contributed by atoms with Crippen molar-refractivity contribution in [3.05, 3.63) is 59.7 Å². The predicted molar refractivity (Wildman–Crippen MR) is 113 cm³/mol. The van der Waals surface area contributed by atoms with Gasteiger partial charge in [-0.2, -0.15) is 0 Å². The van der Waals surface area contributed by atoms with Crippen LogP contribution in [-0.4, -0.2) is 56.5 Å². The lowest BCUT2D eigenvalue weighted by Crippen LogP contribution is -2.44. The van der Waals surface area contributed by atoms with Crippen LogP contribution in [0.15, 0.2) is 48.5 Å². The van der Waals surface area contributed by atoms with Crippen LogP contribution in [0.5, 0.6) is 0 Å². The highest BCUT2D eigenvalue weighted by Gasteiger charge is 2.15. The molecule has 2 amide bonds. The van der Waals surface area contributed by atoms with Gasteiger partial charge >= 0.3 is 11.8 Å². The Morgan fingerprint density at radius 3 is 2.36 bits per heavy atom. The molecule has 1 fully saturated rings. The average Bonchev–Trinajstić information content (AvgIpc) is 2.69. The second-order valence-electron chi connectivity index (χ2n) is 7.29. The number of piperazine rings is 1. The lowest BCUT2D eigenvalue weighted by molar-refractivity contribution is -0.136. The molecule has 1 aliphatic rings. The van der Waals surface area contributed by atoms with Gasteiger partial charge in [-0.3, -0.25) is 9.59 Å². The molecule has 6 nitrogen and oxygen atoms in total. The summed E-state index contributed by atoms with van der Waals surface area (Å²) in [5.41, 5.74) is 4.02. The molecule has 28 heavy (non-hydrogen) atoms. The Kier molecular flexibility index (Phi) is 6.66. The molecule has 6 heteroatoms. The number of hydrogen-bond acceptors (Lipinski definition) is 4. The van der Waals surface area contributed by atoms with Crippen molar-refractivity contribution >= 4 is 23.2 Å². The third-order valence-electron chi connectivity index (χ3n) is 4.99. The number of nitrogens with one attached hydrogen (secondary N) is 2. The summed E-state index contributed by atoms with van der Waals surface area (Å²) in [5.74, 6) is -1.26. The van der Waals surface area contributed by atoms with Crippen LogP contribution < -0.4 is 15.5 Å². The van der Waals surface area contributed by atoms with Crippen molar-refractivity contribution in [1.82, 2.24) is 10.2 Å². The van der Waals surface area contributed by atoms with Gasteiger partial charge in [-0.15, -0.1) is 0 Å². The van der Waals surface area contributed by atoms with Gasteiger partial charge in [-0.05, 0) is 55.8 Å². The molecule has 0 bridgehead atoms. The molecule has 2 aromatic carbocycles. The molecule has 3 rings (SSSR count). The van der Waals surface area contributed by atoms with E-state index in [1.165, 1.54) is 5.69 Å². The first kappa shape index (κ1) is 19.9. The van der Waals surface area contributed by atoms with Crippen LogP contribution in [0.3, 0.4) is 0 Å². The van der Waals surface area contributed by atoms with Crippen LogP contribution in [0.1, 0.15) is 11.1 Å². The van der Waals surface area contributed by atoms with Gasteiger partial charge in [0.2, 0.25) is 0 Å². The number of benzene rings is 2. The highest BCUT2D eigenvalue weighted by molar-refractivity contribution is 6.39. The fourth-order valence-corrected chi connectivity index (χ4v) is 3.25. The smallest absolute Gasteiger partial charge is 0.313 e. The van der Waals surface area contributed by atoms with E-state index in [4.69, 9.17) is 0 Å². The number of carbonyl (C=O) groups is 2. The fourth-order valence-electron chi connectivity index (χ4n) is 3.25. The lowest BCUT2D eigenvalue weighted by atomic mass is 10.1. The van der Waals surface area contributed by atoms with Crippen molar-refractivity contribution < 1.29 is 9.59 Å². The number of nitrogens with zero attached hydrogens (tertiary/aromatic N) is 2. The fraction of sp³-hybridized carbons (Fsp3) is 0.364. The average molecular weight is 380 g/mol. The Labute approximate surface area is 166 Å². The zero-order chi connectivity index (χ0) is 19.9. The van der Waals surface area contributed by atoms with E-state index in [1.807, 2.05) is 25.1 Å². The lowest BCUT2D eigenvalue weighted by Gasteiger charge is -2.34. The van der Waals surface area contributed by atoms with Gasteiger partial charge in [-0.25, -0.2) is 0 Å². The molecule has 0 atom stereocenters. The Balaban J connectivity index is 1.43. The molecule has 0 unspecified atom stereocenters. The summed E-state index contributed by atoms with van der Waals surface area (Å²) < 4.78 is 0. The standard InChI is InChI=1S/C22H28N4O2/c1-17-4-3-5-19(16-17)24-22(28)21(27)23-11-10-18-6-8-20(9-7-18)26-14-12-25(2)13-15-26/h3-9,16H,10-15H2,1-2H3,(H,23,27)(H,24,28). The maximum absolute atomic E-state index is 12.0. The van der Waals surface area contributed by atoms with E-state index in [1.54, 1.807) is 6.07 Å². The molecule has 1 saturated heterocycles. The van der Waals surface area contributed by atoms with Crippen LogP contribution >= 0.6 is 0 Å². The van der Waals surface area contributed by atoms with Gasteiger partial charge in [0.25, 0.3) is 0 Å². The summed E-state index contributed by atoms with van der Waals surface area (Å²) in [6.07, 6.45) is 0.687. The molecular formula is C22H28N4O2. The molecular weight excluding hydrogens is 352 g/mol. The minimum Gasteiger partial charge on any atom is -0.369 e. The van der Waals surface area contributed by atoms with Crippen molar-refractivity contribution in [2.75, 3.05) is 50.0 Å². The van der Waals surface area contributed by atoms with Gasteiger partial charge in [0.15, 0.2) is 0 Å². The maximum Gasteiger partial charge on any atom is 0.313 e. The second-order valence-corrected chi connectivity index (χ2v) is 7.29. The van der Waals surface area contributed by atoms with Crippen molar-refractivity contribution in [3.63, 3.8) is 0 Å². The van der Waals surface area contributed by atoms with Crippen LogP contribution in [0, 0.1) is 6.92 Å². The molecule has 0 saturated carbocycles. The molecule has 148 valence electrons. The number of aryl methyl sites for hydroxylation is 1. The number of carbonyl (C=O) groups excluding carboxylic acids is 2. The first-order valence-corrected chi connectivity index (χ1v) is 9.69. The third kappa shape index (κ3) is 5.57. The third-order valence-corrected chi connectivity index (χ3v) is 4.99. The second kappa shape index (κ2) is 9.37. The van der Waals surface area contributed by atoms with E-state index in [0.29, 0.717) is 18.7 Å². The predicted octanol–water partition coefficient (Wildman–Crippen LogP) is 2.04.